The molecular weight excluding hydrogens is 309 g/mol. The lowest BCUT2D eigenvalue weighted by Gasteiger charge is -2.33. The van der Waals surface area contributed by atoms with Crippen LogP contribution in [0, 0.1) is 5.82 Å². The van der Waals surface area contributed by atoms with Crippen LogP contribution in [0.25, 0.3) is 0 Å². The quantitative estimate of drug-likeness (QED) is 0.887. The molecule has 2 N–H and O–H groups in total. The van der Waals surface area contributed by atoms with E-state index in [0.29, 0.717) is 19.6 Å². The third-order valence-corrected chi connectivity index (χ3v) is 5.00. The number of piperidine rings is 1. The fourth-order valence-corrected chi connectivity index (χ4v) is 3.45. The van der Waals surface area contributed by atoms with E-state index in [1.807, 2.05) is 12.1 Å². The van der Waals surface area contributed by atoms with Gasteiger partial charge in [0.15, 0.2) is 0 Å². The minimum atomic E-state index is -0.240. The number of benzene rings is 1. The molecule has 2 fully saturated rings. The molecule has 3 rings (SSSR count). The van der Waals surface area contributed by atoms with E-state index in [1.165, 1.54) is 19.1 Å². The van der Waals surface area contributed by atoms with Crippen LogP contribution >= 0.6 is 0 Å². The van der Waals surface area contributed by atoms with Gasteiger partial charge in [-0.25, -0.2) is 9.18 Å². The summed E-state index contributed by atoms with van der Waals surface area (Å²) in [7, 11) is 0. The number of halogens is 1. The second-order valence-electron chi connectivity index (χ2n) is 6.93. The number of rotatable bonds is 4. The second-order valence-corrected chi connectivity index (χ2v) is 6.93. The molecule has 1 aliphatic heterocycles. The van der Waals surface area contributed by atoms with Crippen molar-refractivity contribution in [1.82, 2.24) is 15.5 Å². The van der Waals surface area contributed by atoms with Crippen LogP contribution in [0.2, 0.25) is 0 Å². The van der Waals surface area contributed by atoms with Crippen molar-refractivity contribution in [2.24, 2.45) is 0 Å². The Labute approximate surface area is 141 Å². The maximum Gasteiger partial charge on any atom is 0.317 e. The Balaban J connectivity index is 1.53. The van der Waals surface area contributed by atoms with Crippen molar-refractivity contribution in [2.75, 3.05) is 19.6 Å². The zero-order valence-electron chi connectivity index (χ0n) is 14.0. The van der Waals surface area contributed by atoms with Gasteiger partial charge in [0, 0.05) is 38.0 Å². The minimum absolute atomic E-state index is 0.0361. The smallest absolute Gasteiger partial charge is 0.317 e. The van der Waals surface area contributed by atoms with Crippen LogP contribution in [0.3, 0.4) is 0 Å². The molecule has 0 spiro atoms. The Morgan fingerprint density at radius 1 is 1.29 bits per heavy atom. The molecule has 1 heterocycles. The lowest BCUT2D eigenvalue weighted by molar-refractivity contribution is -0.119. The summed E-state index contributed by atoms with van der Waals surface area (Å²) in [5.41, 5.74) is 1.04. The molecule has 1 saturated carbocycles. The topological polar surface area (TPSA) is 61.4 Å². The molecule has 1 aromatic carbocycles. The minimum Gasteiger partial charge on any atom is -0.352 e. The van der Waals surface area contributed by atoms with Gasteiger partial charge in [0.25, 0.3) is 0 Å². The van der Waals surface area contributed by atoms with E-state index in [-0.39, 0.29) is 29.2 Å². The highest BCUT2D eigenvalue weighted by atomic mass is 19.1. The van der Waals surface area contributed by atoms with Crippen LogP contribution in [-0.4, -0.2) is 42.5 Å². The van der Waals surface area contributed by atoms with Crippen LogP contribution in [0.5, 0.6) is 0 Å². The Bertz CT molecular complexity index is 613. The number of amides is 3. The van der Waals surface area contributed by atoms with Crippen molar-refractivity contribution in [2.45, 2.75) is 44.1 Å². The van der Waals surface area contributed by atoms with E-state index < -0.39 is 0 Å². The standard InChI is InChI=1S/C18H24FN3O2/c1-13(23)21-16-3-2-10-22(11-16)17(24)20-12-18(8-9-18)14-4-6-15(19)7-5-14/h4-7,16H,2-3,8-12H2,1H3,(H,20,24)(H,21,23). The predicted octanol–water partition coefficient (Wildman–Crippen LogP) is 2.17. The molecule has 0 aromatic heterocycles. The first-order valence-electron chi connectivity index (χ1n) is 8.54. The van der Waals surface area contributed by atoms with Crippen LogP contribution in [0.4, 0.5) is 9.18 Å². The van der Waals surface area contributed by atoms with Gasteiger partial charge in [0.05, 0.1) is 0 Å². The zero-order valence-corrected chi connectivity index (χ0v) is 14.0. The average molecular weight is 333 g/mol. The number of carbonyl (C=O) groups is 2. The molecule has 3 amide bonds. The molecule has 1 atom stereocenters. The lowest BCUT2D eigenvalue weighted by atomic mass is 9.96. The van der Waals surface area contributed by atoms with Gasteiger partial charge >= 0.3 is 6.03 Å². The van der Waals surface area contributed by atoms with Gasteiger partial charge in [-0.15, -0.1) is 0 Å². The second kappa shape index (κ2) is 6.79. The van der Waals surface area contributed by atoms with E-state index >= 15 is 0 Å². The number of urea groups is 1. The maximum absolute atomic E-state index is 13.1. The number of hydrogen-bond donors (Lipinski definition) is 2. The van der Waals surface area contributed by atoms with Gasteiger partial charge in [0.1, 0.15) is 5.82 Å². The summed E-state index contributed by atoms with van der Waals surface area (Å²) in [6.45, 7) is 3.33. The molecule has 1 saturated heterocycles. The first-order valence-corrected chi connectivity index (χ1v) is 8.54. The summed E-state index contributed by atoms with van der Waals surface area (Å²) in [6.07, 6.45) is 3.81. The largest absolute Gasteiger partial charge is 0.352 e. The number of hydrogen-bond acceptors (Lipinski definition) is 2. The highest BCUT2D eigenvalue weighted by Crippen LogP contribution is 2.47. The molecule has 6 heteroatoms. The number of nitrogens with one attached hydrogen (secondary N) is 2. The summed E-state index contributed by atoms with van der Waals surface area (Å²) in [5.74, 6) is -0.300. The molecule has 0 radical (unpaired) electrons. The van der Waals surface area contributed by atoms with Crippen LogP contribution < -0.4 is 10.6 Å². The normalized spacial score (nSPS) is 21.9. The Hall–Kier alpha value is -2.11. The highest BCUT2D eigenvalue weighted by Gasteiger charge is 2.44. The Morgan fingerprint density at radius 3 is 2.62 bits per heavy atom. The van der Waals surface area contributed by atoms with Crippen molar-refractivity contribution in [3.05, 3.63) is 35.6 Å². The molecule has 130 valence electrons. The van der Waals surface area contributed by atoms with Crippen molar-refractivity contribution in [3.63, 3.8) is 0 Å². The summed E-state index contributed by atoms with van der Waals surface area (Å²) < 4.78 is 13.1. The SMILES string of the molecule is CC(=O)NC1CCCN(C(=O)NCC2(c3ccc(F)cc3)CC2)C1. The van der Waals surface area contributed by atoms with Gasteiger partial charge < -0.3 is 15.5 Å². The van der Waals surface area contributed by atoms with Gasteiger partial charge in [-0.3, -0.25) is 4.79 Å². The Kier molecular flexibility index (Phi) is 4.73. The van der Waals surface area contributed by atoms with Crippen molar-refractivity contribution < 1.29 is 14.0 Å². The first kappa shape index (κ1) is 16.7. The number of nitrogens with zero attached hydrogens (tertiary/aromatic N) is 1. The average Bonchev–Trinajstić information content (AvgIpc) is 3.34. The van der Waals surface area contributed by atoms with Crippen LogP contribution in [-0.2, 0) is 10.2 Å². The van der Waals surface area contributed by atoms with E-state index in [2.05, 4.69) is 10.6 Å². The molecule has 24 heavy (non-hydrogen) atoms. The number of carbonyl (C=O) groups excluding carboxylic acids is 2. The maximum atomic E-state index is 13.1. The van der Waals surface area contributed by atoms with Gasteiger partial charge in [-0.1, -0.05) is 12.1 Å². The first-order chi connectivity index (χ1) is 11.5. The van der Waals surface area contributed by atoms with Crippen molar-refractivity contribution >= 4 is 11.9 Å². The fourth-order valence-electron chi connectivity index (χ4n) is 3.45. The van der Waals surface area contributed by atoms with E-state index in [9.17, 15) is 14.0 Å². The fraction of sp³-hybridized carbons (Fsp3) is 0.556. The highest BCUT2D eigenvalue weighted by molar-refractivity contribution is 5.75. The molecule has 1 unspecified atom stereocenters. The van der Waals surface area contributed by atoms with E-state index in [0.717, 1.165) is 31.2 Å². The molecule has 0 bridgehead atoms. The molecular formula is C18H24FN3O2. The van der Waals surface area contributed by atoms with E-state index in [4.69, 9.17) is 0 Å². The van der Waals surface area contributed by atoms with Gasteiger partial charge in [-0.05, 0) is 43.4 Å². The van der Waals surface area contributed by atoms with Crippen molar-refractivity contribution in [3.8, 4) is 0 Å². The predicted molar refractivity (Wildman–Crippen MR) is 89.1 cm³/mol. The summed E-state index contributed by atoms with van der Waals surface area (Å²) in [4.78, 5) is 25.4. The molecule has 5 nitrogen and oxygen atoms in total. The molecule has 2 aliphatic rings. The van der Waals surface area contributed by atoms with Gasteiger partial charge in [-0.2, -0.15) is 0 Å². The third-order valence-electron chi connectivity index (χ3n) is 5.00. The number of likely N-dealkylation sites (tertiary alicyclic amines) is 1. The Morgan fingerprint density at radius 2 is 2.00 bits per heavy atom. The molecule has 1 aromatic rings. The summed E-state index contributed by atoms with van der Waals surface area (Å²) in [5, 5.41) is 5.91. The monoisotopic (exact) mass is 333 g/mol. The summed E-state index contributed by atoms with van der Waals surface area (Å²) in [6, 6.07) is 6.51. The van der Waals surface area contributed by atoms with Crippen LogP contribution in [0.1, 0.15) is 38.2 Å². The lowest BCUT2D eigenvalue weighted by Crippen LogP contribution is -2.52. The van der Waals surface area contributed by atoms with E-state index in [1.54, 1.807) is 4.90 Å². The summed E-state index contributed by atoms with van der Waals surface area (Å²) >= 11 is 0. The third kappa shape index (κ3) is 3.86. The van der Waals surface area contributed by atoms with Crippen molar-refractivity contribution in [1.29, 1.82) is 0 Å². The van der Waals surface area contributed by atoms with Crippen LogP contribution in [0.15, 0.2) is 24.3 Å². The zero-order chi connectivity index (χ0) is 17.2. The molecule has 1 aliphatic carbocycles. The van der Waals surface area contributed by atoms with Gasteiger partial charge in [0.2, 0.25) is 5.91 Å².